The van der Waals surface area contributed by atoms with Crippen molar-refractivity contribution in [2.45, 2.75) is 70.8 Å². The van der Waals surface area contributed by atoms with Gasteiger partial charge in [-0.2, -0.15) is 13.9 Å². The summed E-state index contributed by atoms with van der Waals surface area (Å²) in [6, 6.07) is -0.407. The smallest absolute Gasteiger partial charge is 0.387 e. The number of halogens is 2. The van der Waals surface area contributed by atoms with Crippen molar-refractivity contribution in [2.24, 2.45) is 12.5 Å². The van der Waals surface area contributed by atoms with Crippen LogP contribution in [0.15, 0.2) is 6.20 Å². The van der Waals surface area contributed by atoms with Crippen molar-refractivity contribution < 1.29 is 17.7 Å². The predicted octanol–water partition coefficient (Wildman–Crippen LogP) is 3.69. The number of nitrogens with one attached hydrogen (secondary N) is 1. The molecule has 1 saturated carbocycles. The molecule has 8 heteroatoms. The molecule has 138 valence electrons. The molecule has 5 nitrogen and oxygen atoms in total. The van der Waals surface area contributed by atoms with Crippen LogP contribution in [0.25, 0.3) is 0 Å². The van der Waals surface area contributed by atoms with Gasteiger partial charge in [0.1, 0.15) is 5.69 Å². The zero-order valence-corrected chi connectivity index (χ0v) is 15.8. The Morgan fingerprint density at radius 1 is 1.38 bits per heavy atom. The van der Waals surface area contributed by atoms with E-state index in [0.29, 0.717) is 5.69 Å². The van der Waals surface area contributed by atoms with Crippen molar-refractivity contribution in [2.75, 3.05) is 0 Å². The molecular weight excluding hydrogens is 336 g/mol. The molecule has 0 bridgehead atoms. The summed E-state index contributed by atoms with van der Waals surface area (Å²) in [6.45, 7) is 4.80. The first-order chi connectivity index (χ1) is 11.0. The molecule has 1 fully saturated rings. The Hall–Kier alpha value is -1.02. The fourth-order valence-electron chi connectivity index (χ4n) is 3.15. The van der Waals surface area contributed by atoms with Gasteiger partial charge in [-0.3, -0.25) is 4.68 Å². The highest BCUT2D eigenvalue weighted by atomic mass is 32.2. The molecule has 1 unspecified atom stereocenters. The zero-order valence-electron chi connectivity index (χ0n) is 14.9. The van der Waals surface area contributed by atoms with E-state index in [1.807, 2.05) is 20.8 Å². The molecule has 2 atom stereocenters. The average Bonchev–Trinajstić information content (AvgIpc) is 3.01. The largest absolute Gasteiger partial charge is 0.431 e. The van der Waals surface area contributed by atoms with Gasteiger partial charge in [-0.15, -0.1) is 0 Å². The topological polar surface area (TPSA) is 56.1 Å². The molecule has 0 amide bonds. The maximum absolute atomic E-state index is 12.8. The highest BCUT2D eigenvalue weighted by Crippen LogP contribution is 2.49. The van der Waals surface area contributed by atoms with Crippen LogP contribution in [0.5, 0.6) is 5.75 Å². The third kappa shape index (κ3) is 4.33. The van der Waals surface area contributed by atoms with E-state index in [1.54, 1.807) is 7.05 Å². The van der Waals surface area contributed by atoms with Gasteiger partial charge in [-0.25, -0.2) is 8.93 Å². The summed E-state index contributed by atoms with van der Waals surface area (Å²) in [5, 5.41) is 4.35. The minimum Gasteiger partial charge on any atom is -0.431 e. The van der Waals surface area contributed by atoms with Crippen LogP contribution in [-0.2, 0) is 18.0 Å². The first-order valence-corrected chi connectivity index (χ1v) is 9.34. The van der Waals surface area contributed by atoms with Crippen LogP contribution in [-0.4, -0.2) is 25.3 Å². The SMILES string of the molecule is Cn1cc(OC(F)F)c([C@H](NS(=O)C(C)(C)C)C2(C)CCCC2)n1. The molecule has 2 rings (SSSR count). The summed E-state index contributed by atoms with van der Waals surface area (Å²) >= 11 is 0. The Balaban J connectivity index is 2.41. The van der Waals surface area contributed by atoms with E-state index in [9.17, 15) is 13.0 Å². The second-order valence-electron chi connectivity index (χ2n) is 7.72. The Labute approximate surface area is 144 Å². The van der Waals surface area contributed by atoms with Crippen molar-refractivity contribution in [3.05, 3.63) is 11.9 Å². The van der Waals surface area contributed by atoms with Gasteiger partial charge < -0.3 is 4.74 Å². The van der Waals surface area contributed by atoms with Crippen LogP contribution in [0, 0.1) is 5.41 Å². The van der Waals surface area contributed by atoms with Crippen LogP contribution in [0.4, 0.5) is 8.78 Å². The lowest BCUT2D eigenvalue weighted by atomic mass is 9.79. The van der Waals surface area contributed by atoms with Gasteiger partial charge in [0.15, 0.2) is 5.75 Å². The Bertz CT molecular complexity index is 593. The molecule has 0 saturated heterocycles. The van der Waals surface area contributed by atoms with E-state index in [2.05, 4.69) is 21.5 Å². The van der Waals surface area contributed by atoms with E-state index in [1.165, 1.54) is 10.9 Å². The summed E-state index contributed by atoms with van der Waals surface area (Å²) in [7, 11) is 0.319. The molecule has 1 N–H and O–H groups in total. The van der Waals surface area contributed by atoms with E-state index < -0.39 is 28.4 Å². The van der Waals surface area contributed by atoms with Crippen LogP contribution in [0.1, 0.15) is 65.1 Å². The predicted molar refractivity (Wildman–Crippen MR) is 90.2 cm³/mol. The first kappa shape index (κ1) is 19.3. The molecule has 24 heavy (non-hydrogen) atoms. The van der Waals surface area contributed by atoms with E-state index in [-0.39, 0.29) is 11.2 Å². The lowest BCUT2D eigenvalue weighted by molar-refractivity contribution is -0.0511. The molecule has 1 heterocycles. The molecule has 1 aromatic rings. The third-order valence-corrected chi connectivity index (χ3v) is 6.10. The molecule has 0 aromatic carbocycles. The van der Waals surface area contributed by atoms with Crippen molar-refractivity contribution >= 4 is 11.0 Å². The van der Waals surface area contributed by atoms with Gasteiger partial charge in [-0.05, 0) is 39.0 Å². The number of hydrogen-bond acceptors (Lipinski definition) is 3. The zero-order chi connectivity index (χ0) is 18.1. The van der Waals surface area contributed by atoms with E-state index >= 15 is 0 Å². The molecule has 0 spiro atoms. The van der Waals surface area contributed by atoms with Crippen LogP contribution >= 0.6 is 0 Å². The lowest BCUT2D eigenvalue weighted by Gasteiger charge is -2.35. The monoisotopic (exact) mass is 363 g/mol. The molecular formula is C16H27F2N3O2S. The fourth-order valence-corrected chi connectivity index (χ4v) is 4.12. The summed E-state index contributed by atoms with van der Waals surface area (Å²) < 4.78 is 47.0. The standard InChI is InChI=1S/C16H27F2N3O2S/c1-15(2,3)24(22)20-13(16(4)8-6-7-9-16)12-11(23-14(17)18)10-21(5)19-12/h10,13-14,20H,6-9H2,1-5H3/t13-,24?/m0/s1. The Morgan fingerprint density at radius 2 is 1.96 bits per heavy atom. The summed E-state index contributed by atoms with van der Waals surface area (Å²) in [5.74, 6) is 0.0454. The van der Waals surface area contributed by atoms with Gasteiger partial charge >= 0.3 is 6.61 Å². The van der Waals surface area contributed by atoms with Crippen LogP contribution in [0.2, 0.25) is 0 Å². The lowest BCUT2D eigenvalue weighted by Crippen LogP contribution is -2.42. The normalized spacial score (nSPS) is 20.3. The maximum atomic E-state index is 12.8. The number of hydrogen-bond donors (Lipinski definition) is 1. The minimum atomic E-state index is -2.92. The van der Waals surface area contributed by atoms with Gasteiger partial charge in [0.25, 0.3) is 0 Å². The van der Waals surface area contributed by atoms with Crippen molar-refractivity contribution in [3.63, 3.8) is 0 Å². The van der Waals surface area contributed by atoms with Crippen molar-refractivity contribution in [3.8, 4) is 5.75 Å². The van der Waals surface area contributed by atoms with E-state index in [0.717, 1.165) is 25.7 Å². The highest BCUT2D eigenvalue weighted by molar-refractivity contribution is 7.84. The van der Waals surface area contributed by atoms with E-state index in [4.69, 9.17) is 0 Å². The minimum absolute atomic E-state index is 0.0454. The summed E-state index contributed by atoms with van der Waals surface area (Å²) in [6.07, 6.45) is 5.42. The second-order valence-corrected chi connectivity index (χ2v) is 9.72. The highest BCUT2D eigenvalue weighted by Gasteiger charge is 2.43. The number of ether oxygens (including phenoxy) is 1. The second kappa shape index (κ2) is 7.07. The average molecular weight is 363 g/mol. The number of alkyl halides is 2. The van der Waals surface area contributed by atoms with Crippen LogP contribution < -0.4 is 9.46 Å². The van der Waals surface area contributed by atoms with Crippen molar-refractivity contribution in [1.29, 1.82) is 0 Å². The maximum Gasteiger partial charge on any atom is 0.387 e. The summed E-state index contributed by atoms with van der Waals surface area (Å²) in [4.78, 5) is 0. The molecule has 0 aliphatic heterocycles. The van der Waals surface area contributed by atoms with Crippen LogP contribution in [0.3, 0.4) is 0 Å². The van der Waals surface area contributed by atoms with Gasteiger partial charge in [0.05, 0.1) is 28.0 Å². The molecule has 1 aliphatic carbocycles. The Morgan fingerprint density at radius 3 is 2.46 bits per heavy atom. The number of aromatic nitrogens is 2. The van der Waals surface area contributed by atoms with Gasteiger partial charge in [-0.1, -0.05) is 19.8 Å². The Kier molecular flexibility index (Phi) is 5.69. The quantitative estimate of drug-likeness (QED) is 0.838. The number of nitrogens with zero attached hydrogens (tertiary/aromatic N) is 2. The number of aryl methyl sites for hydroxylation is 1. The first-order valence-electron chi connectivity index (χ1n) is 8.19. The number of rotatable bonds is 6. The third-order valence-electron chi connectivity index (χ3n) is 4.54. The van der Waals surface area contributed by atoms with Gasteiger partial charge in [0.2, 0.25) is 0 Å². The fraction of sp³-hybridized carbons (Fsp3) is 0.812. The van der Waals surface area contributed by atoms with Gasteiger partial charge in [0, 0.05) is 7.05 Å². The molecule has 1 aromatic heterocycles. The van der Waals surface area contributed by atoms with Crippen molar-refractivity contribution in [1.82, 2.24) is 14.5 Å². The molecule has 0 radical (unpaired) electrons. The summed E-state index contributed by atoms with van der Waals surface area (Å²) in [5.41, 5.74) is 0.204. The molecule has 1 aliphatic rings.